The van der Waals surface area contributed by atoms with E-state index < -0.39 is 28.8 Å². The minimum Gasteiger partial charge on any atom is -0.508 e. The van der Waals surface area contributed by atoms with E-state index in [1.807, 2.05) is 0 Å². The Labute approximate surface area is 113 Å². The maximum absolute atomic E-state index is 12.2. The van der Waals surface area contributed by atoms with E-state index in [0.29, 0.717) is 0 Å². The quantitative estimate of drug-likeness (QED) is 0.421. The number of aryl methyl sites for hydroxylation is 1. The molecule has 0 aliphatic heterocycles. The molecular formula is C14H12O6. The van der Waals surface area contributed by atoms with Crippen LogP contribution in [-0.2, 0) is 0 Å². The number of phenolic OH excluding ortho intramolecular Hbond substituents is 5. The van der Waals surface area contributed by atoms with Gasteiger partial charge in [0, 0.05) is 6.07 Å². The van der Waals surface area contributed by atoms with Gasteiger partial charge in [0.05, 0.1) is 11.1 Å². The number of carbonyl (C=O) groups is 1. The number of carbonyl (C=O) groups excluding carboxylic acids is 1. The Bertz CT molecular complexity index is 705. The summed E-state index contributed by atoms with van der Waals surface area (Å²) in [5.41, 5.74) is -0.219. The highest BCUT2D eigenvalue weighted by atomic mass is 16.3. The molecule has 2 aromatic rings. The number of hydrogen-bond donors (Lipinski definition) is 5. The molecule has 2 rings (SSSR count). The maximum atomic E-state index is 12.2. The molecule has 2 aromatic carbocycles. The first-order valence-corrected chi connectivity index (χ1v) is 5.64. The summed E-state index contributed by atoms with van der Waals surface area (Å²) in [6.45, 7) is 1.45. The first-order valence-electron chi connectivity index (χ1n) is 5.64. The molecule has 0 aliphatic carbocycles. The van der Waals surface area contributed by atoms with Gasteiger partial charge in [0.25, 0.3) is 0 Å². The fourth-order valence-corrected chi connectivity index (χ4v) is 1.81. The molecule has 0 saturated heterocycles. The Morgan fingerprint density at radius 1 is 0.850 bits per heavy atom. The molecule has 0 unspecified atom stereocenters. The molecule has 6 heteroatoms. The summed E-state index contributed by atoms with van der Waals surface area (Å²) >= 11 is 0. The van der Waals surface area contributed by atoms with Crippen LogP contribution in [0.3, 0.4) is 0 Å². The van der Waals surface area contributed by atoms with E-state index in [1.165, 1.54) is 25.1 Å². The first-order chi connectivity index (χ1) is 9.32. The molecular weight excluding hydrogens is 264 g/mol. The second-order valence-corrected chi connectivity index (χ2v) is 4.32. The Morgan fingerprint density at radius 3 is 2.10 bits per heavy atom. The monoisotopic (exact) mass is 276 g/mol. The lowest BCUT2D eigenvalue weighted by molar-refractivity contribution is 0.103. The Morgan fingerprint density at radius 2 is 1.50 bits per heavy atom. The fraction of sp³-hybridized carbons (Fsp3) is 0.0714. The third-order valence-electron chi connectivity index (χ3n) is 2.91. The van der Waals surface area contributed by atoms with Crippen molar-refractivity contribution in [3.05, 3.63) is 41.0 Å². The fourth-order valence-electron chi connectivity index (χ4n) is 1.81. The van der Waals surface area contributed by atoms with Crippen molar-refractivity contribution in [2.24, 2.45) is 0 Å². The summed E-state index contributed by atoms with van der Waals surface area (Å²) in [5, 5.41) is 47.5. The lowest BCUT2D eigenvalue weighted by Crippen LogP contribution is -2.03. The summed E-state index contributed by atoms with van der Waals surface area (Å²) in [6.07, 6.45) is 0. The molecule has 0 atom stereocenters. The predicted molar refractivity (Wildman–Crippen MR) is 69.4 cm³/mol. The third kappa shape index (κ3) is 2.07. The van der Waals surface area contributed by atoms with Crippen LogP contribution in [0.15, 0.2) is 24.3 Å². The zero-order valence-electron chi connectivity index (χ0n) is 10.5. The van der Waals surface area contributed by atoms with Crippen molar-refractivity contribution in [3.63, 3.8) is 0 Å². The van der Waals surface area contributed by atoms with Gasteiger partial charge in [-0.25, -0.2) is 0 Å². The molecule has 0 fully saturated rings. The molecule has 0 saturated carbocycles. The highest BCUT2D eigenvalue weighted by Gasteiger charge is 2.22. The summed E-state index contributed by atoms with van der Waals surface area (Å²) in [4.78, 5) is 12.2. The van der Waals surface area contributed by atoms with Crippen LogP contribution in [0.25, 0.3) is 0 Å². The molecule has 0 heterocycles. The van der Waals surface area contributed by atoms with Crippen molar-refractivity contribution in [1.29, 1.82) is 0 Å². The second-order valence-electron chi connectivity index (χ2n) is 4.32. The van der Waals surface area contributed by atoms with E-state index in [0.717, 1.165) is 6.07 Å². The molecule has 0 amide bonds. The maximum Gasteiger partial charge on any atom is 0.201 e. The standard InChI is InChI=1S/C14H12O6/c1-6-4-9(13(19)14(20)11(6)17)12(18)8-3-2-7(15)5-10(8)16/h2-5,15-17,19-20H,1H3. The number of hydrogen-bond acceptors (Lipinski definition) is 6. The lowest BCUT2D eigenvalue weighted by atomic mass is 9.98. The van der Waals surface area contributed by atoms with E-state index in [-0.39, 0.29) is 22.4 Å². The Balaban J connectivity index is 2.60. The first kappa shape index (κ1) is 13.5. The van der Waals surface area contributed by atoms with Gasteiger partial charge >= 0.3 is 0 Å². The van der Waals surface area contributed by atoms with Crippen molar-refractivity contribution in [2.45, 2.75) is 6.92 Å². The van der Waals surface area contributed by atoms with E-state index in [9.17, 15) is 30.3 Å². The van der Waals surface area contributed by atoms with Gasteiger partial charge in [-0.05, 0) is 30.7 Å². The van der Waals surface area contributed by atoms with Gasteiger partial charge in [-0.3, -0.25) is 4.79 Å². The van der Waals surface area contributed by atoms with Gasteiger partial charge in [0.15, 0.2) is 11.5 Å². The van der Waals surface area contributed by atoms with Crippen LogP contribution in [0.4, 0.5) is 0 Å². The van der Waals surface area contributed by atoms with Gasteiger partial charge in [0.2, 0.25) is 11.5 Å². The van der Waals surface area contributed by atoms with E-state index in [2.05, 4.69) is 0 Å². The number of benzene rings is 2. The topological polar surface area (TPSA) is 118 Å². The van der Waals surface area contributed by atoms with Crippen LogP contribution in [-0.4, -0.2) is 31.3 Å². The molecule has 20 heavy (non-hydrogen) atoms. The summed E-state index contributed by atoms with van der Waals surface area (Å²) < 4.78 is 0. The Kier molecular flexibility index (Phi) is 3.15. The third-order valence-corrected chi connectivity index (χ3v) is 2.91. The van der Waals surface area contributed by atoms with Gasteiger partial charge in [-0.2, -0.15) is 0 Å². The van der Waals surface area contributed by atoms with Crippen LogP contribution >= 0.6 is 0 Å². The van der Waals surface area contributed by atoms with Crippen LogP contribution in [0, 0.1) is 6.92 Å². The molecule has 0 aromatic heterocycles. The largest absolute Gasteiger partial charge is 0.508 e. The molecule has 0 aliphatic rings. The average Bonchev–Trinajstić information content (AvgIpc) is 2.40. The summed E-state index contributed by atoms with van der Waals surface area (Å²) in [5.74, 6) is -3.52. The van der Waals surface area contributed by atoms with E-state index >= 15 is 0 Å². The number of phenols is 5. The summed E-state index contributed by atoms with van der Waals surface area (Å²) in [6, 6.07) is 4.57. The molecule has 104 valence electrons. The van der Waals surface area contributed by atoms with Gasteiger partial charge in [-0.1, -0.05) is 0 Å². The molecule has 0 spiro atoms. The predicted octanol–water partition coefficient (Wildman–Crippen LogP) is 1.75. The zero-order valence-corrected chi connectivity index (χ0v) is 10.5. The highest BCUT2D eigenvalue weighted by Crippen LogP contribution is 2.41. The van der Waals surface area contributed by atoms with Gasteiger partial charge in [-0.15, -0.1) is 0 Å². The van der Waals surface area contributed by atoms with Crippen molar-refractivity contribution >= 4 is 5.78 Å². The second kappa shape index (κ2) is 4.65. The lowest BCUT2D eigenvalue weighted by Gasteiger charge is -2.10. The van der Waals surface area contributed by atoms with Crippen molar-refractivity contribution in [3.8, 4) is 28.7 Å². The number of ketones is 1. The normalized spacial score (nSPS) is 10.4. The molecule has 0 radical (unpaired) electrons. The van der Waals surface area contributed by atoms with Gasteiger partial charge < -0.3 is 25.5 Å². The highest BCUT2D eigenvalue weighted by molar-refractivity contribution is 6.13. The minimum absolute atomic E-state index is 0.150. The zero-order chi connectivity index (χ0) is 15.0. The molecule has 0 bridgehead atoms. The molecule has 6 nitrogen and oxygen atoms in total. The van der Waals surface area contributed by atoms with Crippen LogP contribution in [0.2, 0.25) is 0 Å². The SMILES string of the molecule is Cc1cc(C(=O)c2ccc(O)cc2O)c(O)c(O)c1O. The van der Waals surface area contributed by atoms with Gasteiger partial charge in [0.1, 0.15) is 11.5 Å². The van der Waals surface area contributed by atoms with Crippen LogP contribution < -0.4 is 0 Å². The van der Waals surface area contributed by atoms with Crippen LogP contribution in [0.1, 0.15) is 21.5 Å². The van der Waals surface area contributed by atoms with E-state index in [4.69, 9.17) is 0 Å². The summed E-state index contributed by atoms with van der Waals surface area (Å²) in [7, 11) is 0. The average molecular weight is 276 g/mol. The Hall–Kier alpha value is -2.89. The minimum atomic E-state index is -0.799. The number of aromatic hydroxyl groups is 5. The van der Waals surface area contributed by atoms with Crippen LogP contribution in [0.5, 0.6) is 28.7 Å². The number of rotatable bonds is 2. The van der Waals surface area contributed by atoms with Crippen molar-refractivity contribution in [2.75, 3.05) is 0 Å². The van der Waals surface area contributed by atoms with Crippen molar-refractivity contribution < 1.29 is 30.3 Å². The van der Waals surface area contributed by atoms with Crippen molar-refractivity contribution in [1.82, 2.24) is 0 Å². The van der Waals surface area contributed by atoms with E-state index in [1.54, 1.807) is 0 Å². The smallest absolute Gasteiger partial charge is 0.201 e. The molecule has 5 N–H and O–H groups in total.